The predicted molar refractivity (Wildman–Crippen MR) is 83.2 cm³/mol. The van der Waals surface area contributed by atoms with Crippen LogP contribution in [0.15, 0.2) is 12.1 Å². The largest absolute Gasteiger partial charge is 0.493 e. The number of amides is 1. The molecule has 0 heterocycles. The first-order chi connectivity index (χ1) is 10.2. The van der Waals surface area contributed by atoms with E-state index in [4.69, 9.17) is 9.47 Å². The maximum atomic E-state index is 12.5. The van der Waals surface area contributed by atoms with Gasteiger partial charge in [-0.25, -0.2) is 0 Å². The summed E-state index contributed by atoms with van der Waals surface area (Å²) in [4.78, 5) is 12.5. The first kappa shape index (κ1) is 15.7. The molecule has 21 heavy (non-hydrogen) atoms. The van der Waals surface area contributed by atoms with E-state index in [-0.39, 0.29) is 5.91 Å². The third kappa shape index (κ3) is 3.90. The summed E-state index contributed by atoms with van der Waals surface area (Å²) >= 11 is 0. The molecule has 0 atom stereocenters. The molecule has 0 spiro atoms. The number of ether oxygens (including phenoxy) is 2. The Morgan fingerprint density at radius 1 is 1.05 bits per heavy atom. The number of carbonyl (C=O) groups excluding carboxylic acids is 1. The molecule has 1 amide bonds. The number of benzene rings is 1. The molecule has 1 aromatic carbocycles. The number of aryl methyl sites for hydroxylation is 1. The van der Waals surface area contributed by atoms with Crippen LogP contribution in [0.5, 0.6) is 11.5 Å². The van der Waals surface area contributed by atoms with Gasteiger partial charge >= 0.3 is 0 Å². The molecule has 0 radical (unpaired) electrons. The number of hydrogen-bond donors (Lipinski definition) is 1. The van der Waals surface area contributed by atoms with Crippen molar-refractivity contribution in [3.63, 3.8) is 0 Å². The highest BCUT2D eigenvalue weighted by molar-refractivity contribution is 5.96. The fourth-order valence-corrected chi connectivity index (χ4v) is 2.91. The quantitative estimate of drug-likeness (QED) is 0.864. The van der Waals surface area contributed by atoms with E-state index in [2.05, 4.69) is 5.32 Å². The van der Waals surface area contributed by atoms with Gasteiger partial charge in [-0.3, -0.25) is 4.79 Å². The van der Waals surface area contributed by atoms with Crippen molar-refractivity contribution in [3.8, 4) is 11.5 Å². The summed E-state index contributed by atoms with van der Waals surface area (Å²) in [6, 6.07) is 3.91. The average Bonchev–Trinajstić information content (AvgIpc) is 2.75. The first-order valence-electron chi connectivity index (χ1n) is 7.69. The molecule has 1 aromatic rings. The molecule has 116 valence electrons. The van der Waals surface area contributed by atoms with Gasteiger partial charge < -0.3 is 14.8 Å². The van der Waals surface area contributed by atoms with E-state index in [1.165, 1.54) is 25.7 Å². The fraction of sp³-hybridized carbons (Fsp3) is 0.588. The number of methoxy groups -OCH3 is 2. The Morgan fingerprint density at radius 3 is 2.19 bits per heavy atom. The van der Waals surface area contributed by atoms with Crippen LogP contribution in [0.3, 0.4) is 0 Å². The lowest BCUT2D eigenvalue weighted by Crippen LogP contribution is -2.34. The predicted octanol–water partition coefficient (Wildman–Crippen LogP) is 3.46. The minimum Gasteiger partial charge on any atom is -0.493 e. The second-order valence-corrected chi connectivity index (χ2v) is 5.68. The Hall–Kier alpha value is -1.71. The van der Waals surface area contributed by atoms with Gasteiger partial charge in [0.1, 0.15) is 0 Å². The molecule has 0 aliphatic heterocycles. The molecule has 4 heteroatoms. The van der Waals surface area contributed by atoms with Gasteiger partial charge in [0, 0.05) is 11.6 Å². The van der Waals surface area contributed by atoms with Crippen LogP contribution in [0.1, 0.15) is 54.4 Å². The van der Waals surface area contributed by atoms with Crippen LogP contribution in [-0.2, 0) is 0 Å². The second-order valence-electron chi connectivity index (χ2n) is 5.68. The summed E-state index contributed by atoms with van der Waals surface area (Å²) in [5.41, 5.74) is 1.57. The van der Waals surface area contributed by atoms with Crippen molar-refractivity contribution in [2.75, 3.05) is 14.2 Å². The minimum atomic E-state index is -0.0136. The Morgan fingerprint density at radius 2 is 1.62 bits per heavy atom. The third-order valence-corrected chi connectivity index (χ3v) is 4.17. The zero-order valence-electron chi connectivity index (χ0n) is 13.2. The smallest absolute Gasteiger partial charge is 0.251 e. The van der Waals surface area contributed by atoms with E-state index in [1.807, 2.05) is 13.0 Å². The van der Waals surface area contributed by atoms with E-state index in [0.717, 1.165) is 18.4 Å². The van der Waals surface area contributed by atoms with Crippen molar-refractivity contribution in [1.82, 2.24) is 5.32 Å². The summed E-state index contributed by atoms with van der Waals surface area (Å²) in [6.45, 7) is 1.92. The highest BCUT2D eigenvalue weighted by Crippen LogP contribution is 2.30. The highest BCUT2D eigenvalue weighted by atomic mass is 16.5. The molecule has 2 rings (SSSR count). The van der Waals surface area contributed by atoms with Crippen LogP contribution < -0.4 is 14.8 Å². The summed E-state index contributed by atoms with van der Waals surface area (Å²) in [5, 5.41) is 3.17. The lowest BCUT2D eigenvalue weighted by Gasteiger charge is -2.18. The highest BCUT2D eigenvalue weighted by Gasteiger charge is 2.19. The van der Waals surface area contributed by atoms with E-state index < -0.39 is 0 Å². The van der Waals surface area contributed by atoms with Gasteiger partial charge in [-0.05, 0) is 37.5 Å². The molecule has 1 fully saturated rings. The van der Waals surface area contributed by atoms with Gasteiger partial charge in [0.05, 0.1) is 14.2 Å². The van der Waals surface area contributed by atoms with Crippen LogP contribution in [0.2, 0.25) is 0 Å². The molecule has 1 aliphatic carbocycles. The van der Waals surface area contributed by atoms with Crippen molar-refractivity contribution in [1.29, 1.82) is 0 Å². The van der Waals surface area contributed by atoms with Gasteiger partial charge in [-0.15, -0.1) is 0 Å². The molecule has 1 aliphatic rings. The normalized spacial score (nSPS) is 16.1. The van der Waals surface area contributed by atoms with Gasteiger partial charge in [0.2, 0.25) is 0 Å². The summed E-state index contributed by atoms with van der Waals surface area (Å²) < 4.78 is 10.5. The third-order valence-electron chi connectivity index (χ3n) is 4.17. The number of nitrogens with one attached hydrogen (secondary N) is 1. The summed E-state index contributed by atoms with van der Waals surface area (Å²) in [6.07, 6.45) is 7.13. The van der Waals surface area contributed by atoms with Crippen LogP contribution in [0.25, 0.3) is 0 Å². The van der Waals surface area contributed by atoms with Gasteiger partial charge in [-0.2, -0.15) is 0 Å². The summed E-state index contributed by atoms with van der Waals surface area (Å²) in [7, 11) is 3.18. The molecular weight excluding hydrogens is 266 g/mol. The van der Waals surface area contributed by atoms with Crippen molar-refractivity contribution < 1.29 is 14.3 Å². The van der Waals surface area contributed by atoms with Crippen LogP contribution in [-0.4, -0.2) is 26.2 Å². The van der Waals surface area contributed by atoms with Crippen molar-refractivity contribution >= 4 is 5.91 Å². The van der Waals surface area contributed by atoms with E-state index in [0.29, 0.717) is 23.1 Å². The lowest BCUT2D eigenvalue weighted by atomic mass is 10.0. The SMILES string of the molecule is COc1cc(C)c(C(=O)NC2CCCCCC2)cc1OC. The first-order valence-corrected chi connectivity index (χ1v) is 7.69. The van der Waals surface area contributed by atoms with Gasteiger partial charge in [-0.1, -0.05) is 25.7 Å². The van der Waals surface area contributed by atoms with Crippen LogP contribution in [0.4, 0.5) is 0 Å². The van der Waals surface area contributed by atoms with E-state index in [1.54, 1.807) is 20.3 Å². The number of carbonyl (C=O) groups is 1. The fourth-order valence-electron chi connectivity index (χ4n) is 2.91. The Balaban J connectivity index is 2.14. The topological polar surface area (TPSA) is 47.6 Å². The molecule has 1 saturated carbocycles. The van der Waals surface area contributed by atoms with Gasteiger partial charge in [0.15, 0.2) is 11.5 Å². The minimum absolute atomic E-state index is 0.0136. The van der Waals surface area contributed by atoms with Crippen LogP contribution in [0, 0.1) is 6.92 Å². The van der Waals surface area contributed by atoms with E-state index in [9.17, 15) is 4.79 Å². The maximum Gasteiger partial charge on any atom is 0.251 e. The molecular formula is C17H25NO3. The number of hydrogen-bond acceptors (Lipinski definition) is 3. The maximum absolute atomic E-state index is 12.5. The standard InChI is InChI=1S/C17H25NO3/c1-12-10-15(20-2)16(21-3)11-14(12)17(19)18-13-8-6-4-5-7-9-13/h10-11,13H,4-9H2,1-3H3,(H,18,19). The molecule has 4 nitrogen and oxygen atoms in total. The van der Waals surface area contributed by atoms with Gasteiger partial charge in [0.25, 0.3) is 5.91 Å². The van der Waals surface area contributed by atoms with Crippen molar-refractivity contribution in [3.05, 3.63) is 23.3 Å². The van der Waals surface area contributed by atoms with Crippen molar-refractivity contribution in [2.45, 2.75) is 51.5 Å². The Labute approximate surface area is 126 Å². The molecule has 0 bridgehead atoms. The summed E-state index contributed by atoms with van der Waals surface area (Å²) in [5.74, 6) is 1.23. The average molecular weight is 291 g/mol. The molecule has 0 saturated heterocycles. The monoisotopic (exact) mass is 291 g/mol. The second kappa shape index (κ2) is 7.34. The Bertz CT molecular complexity index is 491. The zero-order chi connectivity index (χ0) is 15.2. The molecule has 1 N–H and O–H groups in total. The Kier molecular flexibility index (Phi) is 5.48. The lowest BCUT2D eigenvalue weighted by molar-refractivity contribution is 0.0932. The molecule has 0 unspecified atom stereocenters. The molecule has 0 aromatic heterocycles. The van der Waals surface area contributed by atoms with Crippen molar-refractivity contribution in [2.24, 2.45) is 0 Å². The zero-order valence-corrected chi connectivity index (χ0v) is 13.2. The van der Waals surface area contributed by atoms with Crippen LogP contribution >= 0.6 is 0 Å². The van der Waals surface area contributed by atoms with E-state index >= 15 is 0 Å². The number of rotatable bonds is 4.